The maximum atomic E-state index is 12.7. The van der Waals surface area contributed by atoms with E-state index < -0.39 is 12.1 Å². The lowest BCUT2D eigenvalue weighted by Gasteiger charge is -2.29. The zero-order valence-corrected chi connectivity index (χ0v) is 18.0. The van der Waals surface area contributed by atoms with E-state index in [1.54, 1.807) is 16.2 Å². The average Bonchev–Trinajstić information content (AvgIpc) is 3.45. The minimum Gasteiger partial charge on any atom is -0.486 e. The van der Waals surface area contributed by atoms with E-state index >= 15 is 0 Å². The van der Waals surface area contributed by atoms with Gasteiger partial charge in [-0.05, 0) is 43.7 Å². The fourth-order valence-electron chi connectivity index (χ4n) is 3.31. The van der Waals surface area contributed by atoms with Crippen molar-refractivity contribution in [3.05, 3.63) is 46.2 Å². The Balaban J connectivity index is 0.000000360. The van der Waals surface area contributed by atoms with Crippen LogP contribution in [0, 0.1) is 0 Å². The van der Waals surface area contributed by atoms with Crippen molar-refractivity contribution in [1.29, 1.82) is 0 Å². The van der Waals surface area contributed by atoms with Crippen LogP contribution in [0.25, 0.3) is 0 Å². The summed E-state index contributed by atoms with van der Waals surface area (Å²) in [6, 6.07) is 12.0. The monoisotopic (exact) mass is 472 g/mol. The van der Waals surface area contributed by atoms with Crippen molar-refractivity contribution in [2.45, 2.75) is 31.2 Å². The first kappa shape index (κ1) is 23.9. The molecule has 1 aromatic heterocycles. The number of para-hydroxylation sites is 2. The van der Waals surface area contributed by atoms with Gasteiger partial charge in [0.15, 0.2) is 17.6 Å². The molecule has 2 aromatic rings. The Hall–Kier alpha value is -2.79. The van der Waals surface area contributed by atoms with Crippen LogP contribution in [-0.2, 0) is 4.79 Å². The fourth-order valence-corrected chi connectivity index (χ4v) is 4.42. The summed E-state index contributed by atoms with van der Waals surface area (Å²) >= 11 is 1.59. The number of ether oxygens (including phenoxy) is 2. The summed E-state index contributed by atoms with van der Waals surface area (Å²) in [5.41, 5.74) is 0. The number of carboxylic acids is 1. The van der Waals surface area contributed by atoms with Gasteiger partial charge in [0.1, 0.15) is 6.61 Å². The van der Waals surface area contributed by atoms with Crippen LogP contribution in [0.2, 0.25) is 0 Å². The summed E-state index contributed by atoms with van der Waals surface area (Å²) in [6.07, 6.45) is -2.89. The maximum Gasteiger partial charge on any atom is 0.490 e. The lowest BCUT2D eigenvalue weighted by molar-refractivity contribution is -0.192. The third-order valence-corrected chi connectivity index (χ3v) is 6.06. The summed E-state index contributed by atoms with van der Waals surface area (Å²) in [5, 5.41) is 10.6. The molecule has 11 heteroatoms. The average molecular weight is 472 g/mol. The standard InChI is InChI=1S/C19H22N2O3S.C2HF3O2/c1-21(11-13-12-23-15-6-2-3-7-16(15)24-13)19(22)18-9-8-17(25-18)14-5-4-10-20-14;3-2(4,5)1(6)7/h2-3,6-9,13-14,20H,4-5,10-12H2,1H3;(H,6,7). The van der Waals surface area contributed by atoms with Crippen LogP contribution in [0.5, 0.6) is 11.5 Å². The summed E-state index contributed by atoms with van der Waals surface area (Å²) in [7, 11) is 1.82. The number of carboxylic acid groups (broad SMARTS) is 1. The Morgan fingerprint density at radius 3 is 2.53 bits per heavy atom. The van der Waals surface area contributed by atoms with Crippen LogP contribution in [0.15, 0.2) is 36.4 Å². The molecule has 2 atom stereocenters. The molecular weight excluding hydrogens is 449 g/mol. The Bertz CT molecular complexity index is 944. The molecule has 0 radical (unpaired) electrons. The summed E-state index contributed by atoms with van der Waals surface area (Å²) in [6.45, 7) is 2.02. The molecule has 2 unspecified atom stereocenters. The molecule has 1 saturated heterocycles. The highest BCUT2D eigenvalue weighted by Crippen LogP contribution is 2.32. The van der Waals surface area contributed by atoms with Gasteiger partial charge < -0.3 is 24.8 Å². The van der Waals surface area contributed by atoms with Crippen molar-refractivity contribution >= 4 is 23.2 Å². The minimum atomic E-state index is -5.08. The Kier molecular flexibility index (Phi) is 7.62. The zero-order chi connectivity index (χ0) is 23.3. The Morgan fingerprint density at radius 2 is 1.91 bits per heavy atom. The minimum absolute atomic E-state index is 0.0386. The molecule has 1 aromatic carbocycles. The number of fused-ring (bicyclic) bond motifs is 1. The van der Waals surface area contributed by atoms with Crippen molar-refractivity contribution < 1.29 is 37.3 Å². The highest BCUT2D eigenvalue weighted by Gasteiger charge is 2.38. The topological polar surface area (TPSA) is 88.1 Å². The van der Waals surface area contributed by atoms with Gasteiger partial charge in [-0.1, -0.05) is 12.1 Å². The maximum absolute atomic E-state index is 12.7. The molecule has 0 saturated carbocycles. The summed E-state index contributed by atoms with van der Waals surface area (Å²) < 4.78 is 43.4. The van der Waals surface area contributed by atoms with E-state index in [1.165, 1.54) is 11.3 Å². The molecule has 2 aliphatic rings. The number of benzene rings is 1. The molecule has 32 heavy (non-hydrogen) atoms. The molecule has 4 rings (SSSR count). The first-order chi connectivity index (χ1) is 15.1. The first-order valence-electron chi connectivity index (χ1n) is 9.92. The number of rotatable bonds is 4. The number of carbonyl (C=O) groups is 2. The van der Waals surface area contributed by atoms with E-state index in [2.05, 4.69) is 11.4 Å². The predicted molar refractivity (Wildman–Crippen MR) is 111 cm³/mol. The van der Waals surface area contributed by atoms with Crippen molar-refractivity contribution in [1.82, 2.24) is 10.2 Å². The van der Waals surface area contributed by atoms with Crippen LogP contribution in [-0.4, -0.2) is 60.9 Å². The molecule has 174 valence electrons. The van der Waals surface area contributed by atoms with E-state index in [0.717, 1.165) is 29.3 Å². The lowest BCUT2D eigenvalue weighted by Crippen LogP contribution is -2.41. The Labute approximate surface area is 186 Å². The van der Waals surface area contributed by atoms with Crippen molar-refractivity contribution in [2.24, 2.45) is 0 Å². The van der Waals surface area contributed by atoms with Gasteiger partial charge >= 0.3 is 12.1 Å². The number of hydrogen-bond donors (Lipinski definition) is 2. The molecule has 0 aliphatic carbocycles. The summed E-state index contributed by atoms with van der Waals surface area (Å²) in [5.74, 6) is -1.21. The van der Waals surface area contributed by atoms with E-state index in [0.29, 0.717) is 19.2 Å². The molecular formula is C21H23F3N2O5S. The second kappa shape index (κ2) is 10.2. The van der Waals surface area contributed by atoms with Crippen molar-refractivity contribution in [3.63, 3.8) is 0 Å². The highest BCUT2D eigenvalue weighted by atomic mass is 32.1. The number of alkyl halides is 3. The quantitative estimate of drug-likeness (QED) is 0.705. The number of halogens is 3. The van der Waals surface area contributed by atoms with Gasteiger partial charge in [0.25, 0.3) is 5.91 Å². The predicted octanol–water partition coefficient (Wildman–Crippen LogP) is 3.72. The second-order valence-corrected chi connectivity index (χ2v) is 8.45. The fraction of sp³-hybridized carbons (Fsp3) is 0.429. The molecule has 0 bridgehead atoms. The van der Waals surface area contributed by atoms with Crippen LogP contribution < -0.4 is 14.8 Å². The summed E-state index contributed by atoms with van der Waals surface area (Å²) in [4.78, 5) is 25.4. The van der Waals surface area contributed by atoms with Crippen LogP contribution >= 0.6 is 11.3 Å². The smallest absolute Gasteiger partial charge is 0.486 e. The van der Waals surface area contributed by atoms with Gasteiger partial charge in [0.2, 0.25) is 0 Å². The van der Waals surface area contributed by atoms with Gasteiger partial charge in [-0.15, -0.1) is 11.3 Å². The van der Waals surface area contributed by atoms with E-state index in [4.69, 9.17) is 19.4 Å². The van der Waals surface area contributed by atoms with Gasteiger partial charge in [0, 0.05) is 18.0 Å². The van der Waals surface area contributed by atoms with Crippen LogP contribution in [0.4, 0.5) is 13.2 Å². The second-order valence-electron chi connectivity index (χ2n) is 7.34. The third-order valence-electron chi connectivity index (χ3n) is 4.88. The molecule has 1 fully saturated rings. The number of nitrogens with one attached hydrogen (secondary N) is 1. The molecule has 7 nitrogen and oxygen atoms in total. The van der Waals surface area contributed by atoms with Crippen molar-refractivity contribution in [3.8, 4) is 11.5 Å². The number of amides is 1. The SMILES string of the molecule is CN(CC1COc2ccccc2O1)C(=O)c1ccc(C2CCCN2)s1.O=C(O)C(F)(F)F. The van der Waals surface area contributed by atoms with E-state index in [1.807, 2.05) is 37.4 Å². The highest BCUT2D eigenvalue weighted by molar-refractivity contribution is 7.14. The number of thiophene rings is 1. The molecule has 1 amide bonds. The molecule has 0 spiro atoms. The Morgan fingerprint density at radius 1 is 1.22 bits per heavy atom. The van der Waals surface area contributed by atoms with Gasteiger partial charge in [-0.2, -0.15) is 13.2 Å². The third kappa shape index (κ3) is 6.13. The molecule has 2 N–H and O–H groups in total. The number of carbonyl (C=O) groups excluding carboxylic acids is 1. The largest absolute Gasteiger partial charge is 0.490 e. The lowest BCUT2D eigenvalue weighted by atomic mass is 10.2. The molecule has 3 heterocycles. The van der Waals surface area contributed by atoms with E-state index in [-0.39, 0.29) is 12.0 Å². The normalized spacial score (nSPS) is 19.6. The van der Waals surface area contributed by atoms with Crippen molar-refractivity contribution in [2.75, 3.05) is 26.7 Å². The zero-order valence-electron chi connectivity index (χ0n) is 17.2. The number of aliphatic carboxylic acids is 1. The number of likely N-dealkylation sites (N-methyl/N-ethyl adjacent to an activating group) is 1. The van der Waals surface area contributed by atoms with Gasteiger partial charge in [0.05, 0.1) is 11.4 Å². The first-order valence-corrected chi connectivity index (χ1v) is 10.7. The molecule has 2 aliphatic heterocycles. The number of hydrogen-bond acceptors (Lipinski definition) is 6. The van der Waals surface area contributed by atoms with E-state index in [9.17, 15) is 18.0 Å². The van der Waals surface area contributed by atoms with Crippen LogP contribution in [0.1, 0.15) is 33.4 Å². The van der Waals surface area contributed by atoms with Gasteiger partial charge in [-0.3, -0.25) is 4.79 Å². The number of nitrogens with zero attached hydrogens (tertiary/aromatic N) is 1. The van der Waals surface area contributed by atoms with Gasteiger partial charge in [-0.25, -0.2) is 4.79 Å². The van der Waals surface area contributed by atoms with Crippen LogP contribution in [0.3, 0.4) is 0 Å².